The minimum Gasteiger partial charge on any atom is -0.377 e. The summed E-state index contributed by atoms with van der Waals surface area (Å²) in [5.74, 6) is 0.669. The Morgan fingerprint density at radius 2 is 1.59 bits per heavy atom. The quantitative estimate of drug-likeness (QED) is 0.250. The van der Waals surface area contributed by atoms with Crippen LogP contribution in [0.15, 0.2) is 84.9 Å². The molecule has 1 heterocycles. The van der Waals surface area contributed by atoms with E-state index in [2.05, 4.69) is 83.4 Å². The molecule has 34 heavy (non-hydrogen) atoms. The fourth-order valence-corrected chi connectivity index (χ4v) is 5.89. The van der Waals surface area contributed by atoms with Gasteiger partial charge in [0.1, 0.15) is 0 Å². The first-order valence-corrected chi connectivity index (χ1v) is 12.2. The molecule has 0 aromatic heterocycles. The van der Waals surface area contributed by atoms with Gasteiger partial charge in [-0.15, -0.1) is 0 Å². The molecule has 0 saturated heterocycles. The minimum absolute atomic E-state index is 0.0289. The maximum absolute atomic E-state index is 13.3. The van der Waals surface area contributed by atoms with Crippen LogP contribution in [0.5, 0.6) is 0 Å². The summed E-state index contributed by atoms with van der Waals surface area (Å²) in [4.78, 5) is 13.3. The Morgan fingerprint density at radius 1 is 0.912 bits per heavy atom. The van der Waals surface area contributed by atoms with Crippen LogP contribution >= 0.6 is 0 Å². The molecule has 170 valence electrons. The zero-order valence-electron chi connectivity index (χ0n) is 19.9. The van der Waals surface area contributed by atoms with Crippen LogP contribution in [0.1, 0.15) is 60.6 Å². The molecule has 3 nitrogen and oxygen atoms in total. The van der Waals surface area contributed by atoms with Crippen LogP contribution in [0.3, 0.4) is 0 Å². The van der Waals surface area contributed by atoms with E-state index >= 15 is 0 Å². The second-order valence-electron chi connectivity index (χ2n) is 10.7. The normalized spacial score (nSPS) is 21.2. The average molecular weight is 447 g/mol. The topological polar surface area (TPSA) is 41.1 Å². The number of rotatable bonds is 2. The van der Waals surface area contributed by atoms with Crippen molar-refractivity contribution in [1.82, 2.24) is 5.32 Å². The lowest BCUT2D eigenvalue weighted by Gasteiger charge is -2.39. The predicted molar refractivity (Wildman–Crippen MR) is 141 cm³/mol. The van der Waals surface area contributed by atoms with Gasteiger partial charge in [0.15, 0.2) is 0 Å². The molecule has 3 heteroatoms. The molecular formula is C31H30N2O. The smallest absolute Gasteiger partial charge is 0.253 e. The fraction of sp³-hybridized carbons (Fsp3) is 0.258. The summed E-state index contributed by atoms with van der Waals surface area (Å²) in [7, 11) is 0. The van der Waals surface area contributed by atoms with E-state index in [1.54, 1.807) is 0 Å². The Balaban J connectivity index is 1.57. The zero-order chi connectivity index (χ0) is 23.4. The van der Waals surface area contributed by atoms with Crippen LogP contribution in [-0.2, 0) is 0 Å². The van der Waals surface area contributed by atoms with Crippen molar-refractivity contribution in [3.8, 4) is 0 Å². The van der Waals surface area contributed by atoms with E-state index in [1.165, 1.54) is 32.7 Å². The number of carbonyl (C=O) groups excluding carboxylic acids is 1. The van der Waals surface area contributed by atoms with Gasteiger partial charge in [0.05, 0.1) is 17.3 Å². The number of fused-ring (bicyclic) bond motifs is 5. The van der Waals surface area contributed by atoms with Gasteiger partial charge in [0, 0.05) is 11.5 Å². The SMILES string of the molecule is CC(C)(C)NC(=O)c1cccc2c1NC(c1c3ccccc3cc3ccccc13)C1CC=CC21. The Hall–Kier alpha value is -3.59. The average Bonchev–Trinajstić information content (AvgIpc) is 3.31. The number of amides is 1. The van der Waals surface area contributed by atoms with Crippen molar-refractivity contribution in [2.75, 3.05) is 5.32 Å². The van der Waals surface area contributed by atoms with Crippen LogP contribution in [0.4, 0.5) is 5.69 Å². The van der Waals surface area contributed by atoms with E-state index in [1.807, 2.05) is 32.9 Å². The lowest BCUT2D eigenvalue weighted by Crippen LogP contribution is -2.41. The molecule has 0 radical (unpaired) electrons. The van der Waals surface area contributed by atoms with E-state index in [4.69, 9.17) is 0 Å². The molecule has 1 aliphatic heterocycles. The van der Waals surface area contributed by atoms with Gasteiger partial charge in [-0.1, -0.05) is 72.8 Å². The molecule has 3 unspecified atom stereocenters. The third-order valence-electron chi connectivity index (χ3n) is 7.25. The number of benzene rings is 4. The summed E-state index contributed by atoms with van der Waals surface area (Å²) in [5, 5.41) is 12.1. The van der Waals surface area contributed by atoms with Gasteiger partial charge in [-0.3, -0.25) is 4.79 Å². The molecule has 4 aromatic carbocycles. The maximum Gasteiger partial charge on any atom is 0.253 e. The van der Waals surface area contributed by atoms with E-state index in [-0.39, 0.29) is 17.5 Å². The van der Waals surface area contributed by atoms with Gasteiger partial charge in [-0.25, -0.2) is 0 Å². The monoisotopic (exact) mass is 446 g/mol. The molecule has 0 bridgehead atoms. The van der Waals surface area contributed by atoms with E-state index in [9.17, 15) is 4.79 Å². The van der Waals surface area contributed by atoms with E-state index in [0.29, 0.717) is 11.8 Å². The van der Waals surface area contributed by atoms with Gasteiger partial charge < -0.3 is 10.6 Å². The van der Waals surface area contributed by atoms with Crippen LogP contribution in [0.2, 0.25) is 0 Å². The van der Waals surface area contributed by atoms with Crippen LogP contribution in [-0.4, -0.2) is 11.4 Å². The Bertz CT molecular complexity index is 1410. The predicted octanol–water partition coefficient (Wildman–Crippen LogP) is 7.35. The number of hydrogen-bond donors (Lipinski definition) is 2. The summed E-state index contributed by atoms with van der Waals surface area (Å²) in [5.41, 5.74) is 3.96. The van der Waals surface area contributed by atoms with Crippen LogP contribution < -0.4 is 10.6 Å². The van der Waals surface area contributed by atoms with Crippen molar-refractivity contribution in [2.24, 2.45) is 5.92 Å². The molecule has 1 aliphatic carbocycles. The largest absolute Gasteiger partial charge is 0.377 e. The summed E-state index contributed by atoms with van der Waals surface area (Å²) in [6.45, 7) is 6.07. The first-order valence-electron chi connectivity index (χ1n) is 12.2. The lowest BCUT2D eigenvalue weighted by atomic mass is 9.74. The number of anilines is 1. The lowest BCUT2D eigenvalue weighted by molar-refractivity contribution is 0.0920. The molecule has 4 aromatic rings. The summed E-state index contributed by atoms with van der Waals surface area (Å²) < 4.78 is 0. The van der Waals surface area contributed by atoms with Crippen molar-refractivity contribution < 1.29 is 4.79 Å². The Kier molecular flexibility index (Phi) is 4.77. The first-order chi connectivity index (χ1) is 16.4. The highest BCUT2D eigenvalue weighted by Gasteiger charge is 2.40. The second kappa shape index (κ2) is 7.73. The zero-order valence-corrected chi connectivity index (χ0v) is 19.9. The highest BCUT2D eigenvalue weighted by molar-refractivity contribution is 6.04. The van der Waals surface area contributed by atoms with Gasteiger partial charge in [0.2, 0.25) is 0 Å². The molecule has 0 fully saturated rings. The number of allylic oxidation sites excluding steroid dienone is 2. The molecule has 0 saturated carbocycles. The number of nitrogens with one attached hydrogen (secondary N) is 2. The van der Waals surface area contributed by atoms with Crippen molar-refractivity contribution in [3.63, 3.8) is 0 Å². The van der Waals surface area contributed by atoms with Gasteiger partial charge >= 0.3 is 0 Å². The maximum atomic E-state index is 13.3. The Morgan fingerprint density at radius 3 is 2.26 bits per heavy atom. The minimum atomic E-state index is -0.296. The number of para-hydroxylation sites is 1. The number of hydrogen-bond acceptors (Lipinski definition) is 2. The van der Waals surface area contributed by atoms with E-state index < -0.39 is 0 Å². The molecule has 1 amide bonds. The summed E-state index contributed by atoms with van der Waals surface area (Å²) >= 11 is 0. The molecule has 6 rings (SSSR count). The van der Waals surface area contributed by atoms with Gasteiger partial charge in [-0.05, 0) is 77.9 Å². The fourth-order valence-electron chi connectivity index (χ4n) is 5.89. The molecule has 2 aliphatic rings. The summed E-state index contributed by atoms with van der Waals surface area (Å²) in [6.07, 6.45) is 5.68. The van der Waals surface area contributed by atoms with Gasteiger partial charge in [-0.2, -0.15) is 0 Å². The van der Waals surface area contributed by atoms with Crippen molar-refractivity contribution >= 4 is 33.1 Å². The molecule has 2 N–H and O–H groups in total. The Labute approximate surface area is 200 Å². The van der Waals surface area contributed by atoms with E-state index in [0.717, 1.165) is 17.7 Å². The van der Waals surface area contributed by atoms with Crippen molar-refractivity contribution in [3.05, 3.63) is 102 Å². The molecule has 3 atom stereocenters. The second-order valence-corrected chi connectivity index (χ2v) is 10.7. The third-order valence-corrected chi connectivity index (χ3v) is 7.25. The van der Waals surface area contributed by atoms with Crippen molar-refractivity contribution in [2.45, 2.75) is 44.7 Å². The molecular weight excluding hydrogens is 416 g/mol. The highest BCUT2D eigenvalue weighted by Crippen LogP contribution is 2.52. The summed E-state index contributed by atoms with van der Waals surface area (Å²) in [6, 6.07) is 25.9. The van der Waals surface area contributed by atoms with Crippen LogP contribution in [0.25, 0.3) is 21.5 Å². The van der Waals surface area contributed by atoms with Crippen LogP contribution in [0, 0.1) is 5.92 Å². The standard InChI is InChI=1S/C31H30N2O/c1-31(2,3)33-30(34)26-17-9-15-24-23-14-8-16-25(23)29(32-28(24)26)27-21-12-6-4-10-19(21)18-20-11-5-7-13-22(20)27/h4-15,17-18,23,25,29,32H,16H2,1-3H3,(H,33,34). The number of carbonyl (C=O) groups is 1. The third kappa shape index (κ3) is 3.38. The van der Waals surface area contributed by atoms with Crippen molar-refractivity contribution in [1.29, 1.82) is 0 Å². The highest BCUT2D eigenvalue weighted by atomic mass is 16.1. The first kappa shape index (κ1) is 21.0. The van der Waals surface area contributed by atoms with Gasteiger partial charge in [0.25, 0.3) is 5.91 Å². The molecule has 0 spiro atoms.